The smallest absolute Gasteiger partial charge is 0.227 e. The van der Waals surface area contributed by atoms with Crippen LogP contribution >= 0.6 is 0 Å². The summed E-state index contributed by atoms with van der Waals surface area (Å²) in [5.74, 6) is 0.352. The van der Waals surface area contributed by atoms with E-state index in [4.69, 9.17) is 4.74 Å². The highest BCUT2D eigenvalue weighted by atomic mass is 19.1. The van der Waals surface area contributed by atoms with Gasteiger partial charge in [0.15, 0.2) is 0 Å². The lowest BCUT2D eigenvalue weighted by Gasteiger charge is -2.46. The van der Waals surface area contributed by atoms with Gasteiger partial charge in [0.25, 0.3) is 0 Å². The summed E-state index contributed by atoms with van der Waals surface area (Å²) in [6.07, 6.45) is 2.08. The summed E-state index contributed by atoms with van der Waals surface area (Å²) in [6.45, 7) is 2.77. The average Bonchev–Trinajstić information content (AvgIpc) is 3.22. The lowest BCUT2D eigenvalue weighted by atomic mass is 9.81. The third-order valence-corrected chi connectivity index (χ3v) is 7.08. The maximum Gasteiger partial charge on any atom is 0.227 e. The van der Waals surface area contributed by atoms with Gasteiger partial charge in [0.2, 0.25) is 5.91 Å². The van der Waals surface area contributed by atoms with Gasteiger partial charge in [-0.2, -0.15) is 0 Å². The van der Waals surface area contributed by atoms with Crippen LogP contribution in [0, 0.1) is 5.82 Å². The van der Waals surface area contributed by atoms with Crippen molar-refractivity contribution >= 4 is 11.6 Å². The first-order valence-corrected chi connectivity index (χ1v) is 11.4. The Morgan fingerprint density at radius 1 is 1.12 bits per heavy atom. The second-order valence-electron chi connectivity index (χ2n) is 9.24. The van der Waals surface area contributed by atoms with Crippen LogP contribution in [0.3, 0.4) is 0 Å². The number of carbonyl (C=O) groups is 1. The minimum Gasteiger partial charge on any atom is -0.487 e. The molecular formula is C25H29FN2O4. The fourth-order valence-electron chi connectivity index (χ4n) is 5.21. The number of β-amino-alcohol motifs (C(OH)–C–C–N with tert-alkyl or cyclic N) is 1. The van der Waals surface area contributed by atoms with Crippen molar-refractivity contribution in [1.82, 2.24) is 4.90 Å². The summed E-state index contributed by atoms with van der Waals surface area (Å²) < 4.78 is 19.8. The van der Waals surface area contributed by atoms with E-state index < -0.39 is 17.8 Å². The molecule has 2 aromatic carbocycles. The van der Waals surface area contributed by atoms with Gasteiger partial charge in [-0.05, 0) is 55.2 Å². The van der Waals surface area contributed by atoms with Crippen LogP contribution in [0.5, 0.6) is 5.75 Å². The zero-order valence-electron chi connectivity index (χ0n) is 18.0. The Morgan fingerprint density at radius 2 is 1.88 bits per heavy atom. The molecule has 0 aliphatic carbocycles. The highest BCUT2D eigenvalue weighted by Crippen LogP contribution is 2.44. The number of piperidine rings is 1. The number of likely N-dealkylation sites (tertiary alicyclic amines) is 1. The number of anilines is 1. The minimum atomic E-state index is -0.729. The molecule has 2 atom stereocenters. The number of hydrogen-bond donors (Lipinski definition) is 2. The molecule has 7 heteroatoms. The quantitative estimate of drug-likeness (QED) is 0.763. The SMILES string of the molecule is O=C1CCCN1c1ccc([C@@H](O)CN2CCC3(CC2)C[C@H](O)c2cc(F)ccc2O3)cc1. The van der Waals surface area contributed by atoms with Crippen LogP contribution in [-0.2, 0) is 4.79 Å². The number of amides is 1. The second-order valence-corrected chi connectivity index (χ2v) is 9.24. The molecular weight excluding hydrogens is 411 g/mol. The first-order chi connectivity index (χ1) is 15.4. The fourth-order valence-corrected chi connectivity index (χ4v) is 5.21. The number of benzene rings is 2. The summed E-state index contributed by atoms with van der Waals surface area (Å²) >= 11 is 0. The van der Waals surface area contributed by atoms with Crippen LogP contribution in [0.25, 0.3) is 0 Å². The zero-order valence-corrected chi connectivity index (χ0v) is 18.0. The summed E-state index contributed by atoms with van der Waals surface area (Å²) in [4.78, 5) is 15.9. The first kappa shape index (κ1) is 21.4. The third-order valence-electron chi connectivity index (χ3n) is 7.08. The van der Waals surface area contributed by atoms with Crippen molar-refractivity contribution in [1.29, 1.82) is 0 Å². The Morgan fingerprint density at radius 3 is 2.56 bits per heavy atom. The Kier molecular flexibility index (Phi) is 5.65. The fraction of sp³-hybridized carbons (Fsp3) is 0.480. The standard InChI is InChI=1S/C25H29FN2O4/c26-18-5-8-23-20(14-18)21(29)15-25(32-23)9-12-27(13-10-25)16-22(30)17-3-6-19(7-4-17)28-11-1-2-24(28)31/h3-8,14,21-22,29-30H,1-2,9-13,15-16H2/t21-,22-/m0/s1. The van der Waals surface area contributed by atoms with Crippen molar-refractivity contribution < 1.29 is 24.1 Å². The van der Waals surface area contributed by atoms with Gasteiger partial charge in [-0.25, -0.2) is 4.39 Å². The maximum atomic E-state index is 13.5. The molecule has 3 heterocycles. The van der Waals surface area contributed by atoms with Gasteiger partial charge in [-0.3, -0.25) is 4.79 Å². The van der Waals surface area contributed by atoms with E-state index in [0.29, 0.717) is 30.7 Å². The summed E-state index contributed by atoms with van der Waals surface area (Å²) in [7, 11) is 0. The molecule has 0 saturated carbocycles. The number of nitrogens with zero attached hydrogens (tertiary/aromatic N) is 2. The van der Waals surface area contributed by atoms with E-state index in [9.17, 15) is 19.4 Å². The first-order valence-electron chi connectivity index (χ1n) is 11.4. The number of ether oxygens (including phenoxy) is 1. The molecule has 0 unspecified atom stereocenters. The molecule has 2 aromatic rings. The van der Waals surface area contributed by atoms with Gasteiger partial charge >= 0.3 is 0 Å². The number of hydrogen-bond acceptors (Lipinski definition) is 5. The predicted molar refractivity (Wildman–Crippen MR) is 118 cm³/mol. The molecule has 3 aliphatic heterocycles. The number of rotatable bonds is 4. The van der Waals surface area contributed by atoms with Crippen LogP contribution in [-0.4, -0.2) is 52.8 Å². The molecule has 1 spiro atoms. The maximum absolute atomic E-state index is 13.5. The average molecular weight is 441 g/mol. The van der Waals surface area contributed by atoms with Gasteiger partial charge in [0, 0.05) is 50.3 Å². The van der Waals surface area contributed by atoms with Gasteiger partial charge in [-0.1, -0.05) is 12.1 Å². The summed E-state index contributed by atoms with van der Waals surface area (Å²) in [5, 5.41) is 21.3. The topological polar surface area (TPSA) is 73.2 Å². The normalized spacial score (nSPS) is 23.8. The number of aliphatic hydroxyl groups excluding tert-OH is 2. The lowest BCUT2D eigenvalue weighted by molar-refractivity contribution is -0.117. The predicted octanol–water partition coefficient (Wildman–Crippen LogP) is 3.34. The molecule has 0 aromatic heterocycles. The van der Waals surface area contributed by atoms with Crippen molar-refractivity contribution in [3.05, 3.63) is 59.4 Å². The number of halogens is 1. The molecule has 170 valence electrons. The Bertz CT molecular complexity index is 988. The van der Waals surface area contributed by atoms with E-state index in [2.05, 4.69) is 4.90 Å². The Hall–Kier alpha value is -2.48. The Balaban J connectivity index is 1.18. The van der Waals surface area contributed by atoms with E-state index in [1.165, 1.54) is 12.1 Å². The van der Waals surface area contributed by atoms with Crippen LogP contribution in [0.4, 0.5) is 10.1 Å². The molecule has 32 heavy (non-hydrogen) atoms. The highest BCUT2D eigenvalue weighted by molar-refractivity contribution is 5.95. The number of carbonyl (C=O) groups excluding carboxylic acids is 1. The molecule has 2 fully saturated rings. The molecule has 2 saturated heterocycles. The minimum absolute atomic E-state index is 0.156. The monoisotopic (exact) mass is 440 g/mol. The highest BCUT2D eigenvalue weighted by Gasteiger charge is 2.43. The lowest BCUT2D eigenvalue weighted by Crippen LogP contribution is -2.51. The van der Waals surface area contributed by atoms with Gasteiger partial charge in [0.05, 0.1) is 12.2 Å². The molecule has 3 aliphatic rings. The van der Waals surface area contributed by atoms with E-state index in [-0.39, 0.29) is 11.7 Å². The van der Waals surface area contributed by atoms with Gasteiger partial charge < -0.3 is 24.7 Å². The van der Waals surface area contributed by atoms with E-state index in [1.54, 1.807) is 11.0 Å². The third kappa shape index (κ3) is 4.12. The molecule has 0 bridgehead atoms. The summed E-state index contributed by atoms with van der Waals surface area (Å²) in [5.41, 5.74) is 1.79. The van der Waals surface area contributed by atoms with Crippen molar-refractivity contribution in [2.24, 2.45) is 0 Å². The molecule has 2 N–H and O–H groups in total. The Labute approximate surface area is 187 Å². The second kappa shape index (κ2) is 8.46. The molecule has 5 rings (SSSR count). The summed E-state index contributed by atoms with van der Waals surface area (Å²) in [6, 6.07) is 11.9. The van der Waals surface area contributed by atoms with Crippen molar-refractivity contribution in [2.75, 3.05) is 31.1 Å². The van der Waals surface area contributed by atoms with Crippen molar-refractivity contribution in [3.8, 4) is 5.75 Å². The molecule has 1 amide bonds. The molecule has 0 radical (unpaired) electrons. The van der Waals surface area contributed by atoms with E-state index in [1.807, 2.05) is 24.3 Å². The van der Waals surface area contributed by atoms with Crippen molar-refractivity contribution in [3.63, 3.8) is 0 Å². The van der Waals surface area contributed by atoms with E-state index >= 15 is 0 Å². The van der Waals surface area contributed by atoms with E-state index in [0.717, 1.165) is 50.1 Å². The van der Waals surface area contributed by atoms with Gasteiger partial charge in [0.1, 0.15) is 17.2 Å². The van der Waals surface area contributed by atoms with Crippen LogP contribution in [0.15, 0.2) is 42.5 Å². The zero-order chi connectivity index (χ0) is 22.3. The van der Waals surface area contributed by atoms with Crippen LogP contribution < -0.4 is 9.64 Å². The largest absolute Gasteiger partial charge is 0.487 e. The van der Waals surface area contributed by atoms with Crippen LogP contribution in [0.1, 0.15) is 55.4 Å². The van der Waals surface area contributed by atoms with Crippen LogP contribution in [0.2, 0.25) is 0 Å². The molecule has 6 nitrogen and oxygen atoms in total. The number of aliphatic hydroxyl groups is 2. The van der Waals surface area contributed by atoms with Crippen molar-refractivity contribution in [2.45, 2.75) is 49.9 Å². The number of fused-ring (bicyclic) bond motifs is 1. The van der Waals surface area contributed by atoms with Gasteiger partial charge in [-0.15, -0.1) is 0 Å².